The van der Waals surface area contributed by atoms with Gasteiger partial charge in [0.05, 0.1) is 5.60 Å². The third kappa shape index (κ3) is 2.33. The van der Waals surface area contributed by atoms with E-state index in [0.29, 0.717) is 6.42 Å². The van der Waals surface area contributed by atoms with Crippen molar-refractivity contribution >= 4 is 22.5 Å². The van der Waals surface area contributed by atoms with Gasteiger partial charge in [-0.05, 0) is 37.6 Å². The SMILES string of the molecule is CC(C)(O)Cc1c[nH]c2ccc(Cl)cc12. The Morgan fingerprint density at radius 2 is 2.13 bits per heavy atom. The van der Waals surface area contributed by atoms with Gasteiger partial charge in [0.15, 0.2) is 0 Å². The second-order valence-electron chi connectivity index (χ2n) is 4.49. The van der Waals surface area contributed by atoms with Gasteiger partial charge in [0, 0.05) is 28.5 Å². The highest BCUT2D eigenvalue weighted by molar-refractivity contribution is 6.31. The van der Waals surface area contributed by atoms with Crippen molar-refractivity contribution in [3.63, 3.8) is 0 Å². The van der Waals surface area contributed by atoms with E-state index < -0.39 is 5.60 Å². The zero-order chi connectivity index (χ0) is 11.1. The number of benzene rings is 1. The Hall–Kier alpha value is -0.990. The molecule has 80 valence electrons. The molecule has 0 saturated carbocycles. The molecule has 0 amide bonds. The number of rotatable bonds is 2. The summed E-state index contributed by atoms with van der Waals surface area (Å²) in [5.74, 6) is 0. The molecule has 0 aliphatic carbocycles. The van der Waals surface area contributed by atoms with Gasteiger partial charge in [-0.2, -0.15) is 0 Å². The molecule has 0 fully saturated rings. The van der Waals surface area contributed by atoms with Crippen LogP contribution in [0.2, 0.25) is 5.02 Å². The van der Waals surface area contributed by atoms with Crippen molar-refractivity contribution in [3.05, 3.63) is 35.0 Å². The lowest BCUT2D eigenvalue weighted by atomic mass is 9.98. The minimum atomic E-state index is -0.697. The normalized spacial score (nSPS) is 12.3. The fraction of sp³-hybridized carbons (Fsp3) is 0.333. The van der Waals surface area contributed by atoms with E-state index >= 15 is 0 Å². The quantitative estimate of drug-likeness (QED) is 0.806. The summed E-state index contributed by atoms with van der Waals surface area (Å²) in [6.07, 6.45) is 2.55. The van der Waals surface area contributed by atoms with Crippen LogP contribution in [0.5, 0.6) is 0 Å². The van der Waals surface area contributed by atoms with E-state index in [-0.39, 0.29) is 0 Å². The van der Waals surface area contributed by atoms with Crippen LogP contribution in [-0.2, 0) is 6.42 Å². The topological polar surface area (TPSA) is 36.0 Å². The molecule has 0 atom stereocenters. The molecule has 1 aromatic heterocycles. The van der Waals surface area contributed by atoms with Crippen LogP contribution in [0.3, 0.4) is 0 Å². The van der Waals surface area contributed by atoms with Gasteiger partial charge in [0.2, 0.25) is 0 Å². The van der Waals surface area contributed by atoms with Gasteiger partial charge in [0.25, 0.3) is 0 Å². The molecule has 0 spiro atoms. The first-order chi connectivity index (χ1) is 6.96. The molecule has 2 N–H and O–H groups in total. The summed E-state index contributed by atoms with van der Waals surface area (Å²) in [6, 6.07) is 5.73. The second-order valence-corrected chi connectivity index (χ2v) is 4.93. The summed E-state index contributed by atoms with van der Waals surface area (Å²) in [5, 5.41) is 11.6. The molecule has 1 aromatic carbocycles. The number of hydrogen-bond donors (Lipinski definition) is 2. The zero-order valence-corrected chi connectivity index (χ0v) is 9.60. The van der Waals surface area contributed by atoms with Crippen LogP contribution in [0.15, 0.2) is 24.4 Å². The molecule has 1 heterocycles. The lowest BCUT2D eigenvalue weighted by molar-refractivity contribution is 0.0813. The first kappa shape index (κ1) is 10.5. The lowest BCUT2D eigenvalue weighted by Crippen LogP contribution is -2.21. The summed E-state index contributed by atoms with van der Waals surface area (Å²) in [5.41, 5.74) is 1.45. The molecule has 2 aromatic rings. The molecule has 0 saturated heterocycles. The van der Waals surface area contributed by atoms with Gasteiger partial charge in [0.1, 0.15) is 0 Å². The van der Waals surface area contributed by atoms with Gasteiger partial charge < -0.3 is 10.1 Å². The van der Waals surface area contributed by atoms with Crippen molar-refractivity contribution in [2.24, 2.45) is 0 Å². The molecular formula is C12H14ClNO. The van der Waals surface area contributed by atoms with E-state index in [2.05, 4.69) is 4.98 Å². The third-order valence-corrected chi connectivity index (χ3v) is 2.59. The first-order valence-electron chi connectivity index (χ1n) is 4.94. The van der Waals surface area contributed by atoms with Crippen molar-refractivity contribution in [1.29, 1.82) is 0 Å². The Labute approximate surface area is 93.9 Å². The molecule has 0 bridgehead atoms. The number of aromatic nitrogens is 1. The van der Waals surface area contributed by atoms with Crippen molar-refractivity contribution in [1.82, 2.24) is 4.98 Å². The maximum absolute atomic E-state index is 9.77. The molecule has 2 nitrogen and oxygen atoms in total. The highest BCUT2D eigenvalue weighted by Crippen LogP contribution is 2.25. The average molecular weight is 224 g/mol. The number of fused-ring (bicyclic) bond motifs is 1. The van der Waals surface area contributed by atoms with Gasteiger partial charge in [-0.3, -0.25) is 0 Å². The molecule has 0 aliphatic rings. The number of aliphatic hydroxyl groups is 1. The van der Waals surface area contributed by atoms with Gasteiger partial charge in [-0.1, -0.05) is 11.6 Å². The van der Waals surface area contributed by atoms with Gasteiger partial charge >= 0.3 is 0 Å². The minimum Gasteiger partial charge on any atom is -0.390 e. The van der Waals surface area contributed by atoms with Crippen LogP contribution in [0.1, 0.15) is 19.4 Å². The Morgan fingerprint density at radius 3 is 2.80 bits per heavy atom. The summed E-state index contributed by atoms with van der Waals surface area (Å²) in [7, 11) is 0. The molecule has 3 heteroatoms. The molecule has 0 unspecified atom stereocenters. The largest absolute Gasteiger partial charge is 0.390 e. The Bertz CT molecular complexity index is 482. The van der Waals surface area contributed by atoms with Crippen molar-refractivity contribution < 1.29 is 5.11 Å². The van der Waals surface area contributed by atoms with Gasteiger partial charge in [-0.25, -0.2) is 0 Å². The van der Waals surface area contributed by atoms with Crippen molar-refractivity contribution in [2.75, 3.05) is 0 Å². The van der Waals surface area contributed by atoms with Crippen LogP contribution in [0, 0.1) is 0 Å². The fourth-order valence-corrected chi connectivity index (χ4v) is 1.94. The second kappa shape index (κ2) is 3.54. The van der Waals surface area contributed by atoms with Crippen molar-refractivity contribution in [2.45, 2.75) is 25.9 Å². The minimum absolute atomic E-state index is 0.618. The predicted molar refractivity (Wildman–Crippen MR) is 63.3 cm³/mol. The zero-order valence-electron chi connectivity index (χ0n) is 8.84. The van der Waals surface area contributed by atoms with Crippen molar-refractivity contribution in [3.8, 4) is 0 Å². The van der Waals surface area contributed by atoms with Crippen LogP contribution >= 0.6 is 11.6 Å². The summed E-state index contributed by atoms with van der Waals surface area (Å²) < 4.78 is 0. The van der Waals surface area contributed by atoms with E-state index in [1.54, 1.807) is 13.8 Å². The highest BCUT2D eigenvalue weighted by atomic mass is 35.5. The van der Waals surface area contributed by atoms with E-state index in [1.165, 1.54) is 0 Å². The Morgan fingerprint density at radius 1 is 1.40 bits per heavy atom. The molecular weight excluding hydrogens is 210 g/mol. The van der Waals surface area contributed by atoms with Crippen LogP contribution in [-0.4, -0.2) is 15.7 Å². The monoisotopic (exact) mass is 223 g/mol. The van der Waals surface area contributed by atoms with E-state index in [9.17, 15) is 5.11 Å². The number of H-pyrrole nitrogens is 1. The fourth-order valence-electron chi connectivity index (χ4n) is 1.76. The standard InChI is InChI=1S/C12H14ClNO/c1-12(2,15)6-8-7-14-11-4-3-9(13)5-10(8)11/h3-5,7,14-15H,6H2,1-2H3. The van der Waals surface area contributed by atoms with Gasteiger partial charge in [-0.15, -0.1) is 0 Å². The Kier molecular flexibility index (Phi) is 2.49. The summed E-state index contributed by atoms with van der Waals surface area (Å²) >= 11 is 5.94. The summed E-state index contributed by atoms with van der Waals surface area (Å²) in [4.78, 5) is 3.17. The van der Waals surface area contributed by atoms with Crippen LogP contribution < -0.4 is 0 Å². The van der Waals surface area contributed by atoms with Crippen LogP contribution in [0.4, 0.5) is 0 Å². The molecule has 15 heavy (non-hydrogen) atoms. The first-order valence-corrected chi connectivity index (χ1v) is 5.31. The number of nitrogens with one attached hydrogen (secondary N) is 1. The van der Waals surface area contributed by atoms with E-state index in [1.807, 2.05) is 24.4 Å². The number of hydrogen-bond acceptors (Lipinski definition) is 1. The maximum Gasteiger partial charge on any atom is 0.0632 e. The maximum atomic E-state index is 9.77. The van der Waals surface area contributed by atoms with Crippen LogP contribution in [0.25, 0.3) is 10.9 Å². The third-order valence-electron chi connectivity index (χ3n) is 2.35. The molecule has 0 radical (unpaired) electrons. The number of aromatic amines is 1. The van der Waals surface area contributed by atoms with E-state index in [0.717, 1.165) is 21.5 Å². The lowest BCUT2D eigenvalue weighted by Gasteiger charge is -2.16. The summed E-state index contributed by atoms with van der Waals surface area (Å²) in [6.45, 7) is 3.60. The average Bonchev–Trinajstić information content (AvgIpc) is 2.46. The smallest absolute Gasteiger partial charge is 0.0632 e. The molecule has 0 aliphatic heterocycles. The highest BCUT2D eigenvalue weighted by Gasteiger charge is 2.16. The molecule has 2 rings (SSSR count). The Balaban J connectivity index is 2.48. The number of halogens is 1. The van der Waals surface area contributed by atoms with E-state index in [4.69, 9.17) is 11.6 Å². The predicted octanol–water partition coefficient (Wildman–Crippen LogP) is 3.13.